The summed E-state index contributed by atoms with van der Waals surface area (Å²) >= 11 is 0. The molecule has 0 unspecified atom stereocenters. The molecule has 1 aromatic rings. The van der Waals surface area contributed by atoms with Crippen LogP contribution >= 0.6 is 0 Å². The highest BCUT2D eigenvalue weighted by molar-refractivity contribution is 5.94. The zero-order valence-electron chi connectivity index (χ0n) is 11.0. The van der Waals surface area contributed by atoms with Crippen molar-refractivity contribution >= 4 is 5.91 Å². The first-order chi connectivity index (χ1) is 9.24. The Hall–Kier alpha value is -1.79. The van der Waals surface area contributed by atoms with Crippen LogP contribution in [0.2, 0.25) is 0 Å². The number of hydrogen-bond donors (Lipinski definition) is 1. The van der Waals surface area contributed by atoms with Crippen LogP contribution in [0.1, 0.15) is 10.4 Å². The molecule has 1 aliphatic heterocycles. The molecule has 1 aliphatic rings. The molecule has 0 radical (unpaired) electrons. The van der Waals surface area contributed by atoms with Crippen molar-refractivity contribution in [2.75, 3.05) is 34.0 Å². The second-order valence-electron chi connectivity index (χ2n) is 3.97. The lowest BCUT2D eigenvalue weighted by atomic mass is 10.2. The maximum atomic E-state index is 11.9. The number of carbonyl (C=O) groups is 1. The van der Waals surface area contributed by atoms with Crippen molar-refractivity contribution in [3.8, 4) is 11.5 Å². The normalized spacial score (nSPS) is 13.4. The van der Waals surface area contributed by atoms with Gasteiger partial charge in [-0.05, 0) is 18.2 Å². The summed E-state index contributed by atoms with van der Waals surface area (Å²) in [5.74, 6) is 1.04. The molecule has 2 rings (SSSR count). The molecule has 6 nitrogen and oxygen atoms in total. The predicted molar refractivity (Wildman–Crippen MR) is 67.6 cm³/mol. The highest BCUT2D eigenvalue weighted by Crippen LogP contribution is 2.30. The highest BCUT2D eigenvalue weighted by atomic mass is 16.7. The average molecular weight is 267 g/mol. The maximum Gasteiger partial charge on any atom is 0.251 e. The van der Waals surface area contributed by atoms with Crippen LogP contribution in [0.3, 0.4) is 0 Å². The van der Waals surface area contributed by atoms with E-state index in [0.717, 1.165) is 0 Å². The summed E-state index contributed by atoms with van der Waals surface area (Å²) in [7, 11) is 3.04. The quantitative estimate of drug-likeness (QED) is 0.800. The Labute approximate surface area is 111 Å². The summed E-state index contributed by atoms with van der Waals surface area (Å²) < 4.78 is 20.8. The van der Waals surface area contributed by atoms with Crippen LogP contribution in [0.5, 0.6) is 11.5 Å². The second kappa shape index (κ2) is 6.40. The summed E-state index contributed by atoms with van der Waals surface area (Å²) in [5, 5.41) is 2.72. The van der Waals surface area contributed by atoms with Gasteiger partial charge in [0.2, 0.25) is 0 Å². The summed E-state index contributed by atoms with van der Waals surface area (Å²) in [5.41, 5.74) is 0.509. The Bertz CT molecular complexity index is 445. The lowest BCUT2D eigenvalue weighted by Crippen LogP contribution is -2.34. The number of methoxy groups -OCH3 is 2. The smallest absolute Gasteiger partial charge is 0.251 e. The Morgan fingerprint density at radius 2 is 1.95 bits per heavy atom. The molecule has 1 aromatic carbocycles. The van der Waals surface area contributed by atoms with E-state index in [0.29, 0.717) is 30.3 Å². The molecule has 0 saturated carbocycles. The van der Waals surface area contributed by atoms with Crippen molar-refractivity contribution in [2.45, 2.75) is 6.29 Å². The summed E-state index contributed by atoms with van der Waals surface area (Å²) in [6, 6.07) is 5.09. The Morgan fingerprint density at radius 3 is 2.63 bits per heavy atom. The number of rotatable bonds is 5. The van der Waals surface area contributed by atoms with Crippen LogP contribution in [-0.4, -0.2) is 46.2 Å². The van der Waals surface area contributed by atoms with E-state index in [2.05, 4.69) is 5.32 Å². The molecule has 0 spiro atoms. The van der Waals surface area contributed by atoms with Gasteiger partial charge >= 0.3 is 0 Å². The minimum atomic E-state index is -0.457. The lowest BCUT2D eigenvalue weighted by molar-refractivity contribution is -0.0974. The van der Waals surface area contributed by atoms with Gasteiger partial charge in [-0.1, -0.05) is 0 Å². The van der Waals surface area contributed by atoms with Crippen LogP contribution < -0.4 is 14.8 Å². The molecule has 1 heterocycles. The van der Waals surface area contributed by atoms with Crippen LogP contribution in [0.25, 0.3) is 0 Å². The molecule has 0 aromatic heterocycles. The van der Waals surface area contributed by atoms with Crippen molar-refractivity contribution in [1.82, 2.24) is 5.32 Å². The van der Waals surface area contributed by atoms with Crippen molar-refractivity contribution in [3.05, 3.63) is 23.8 Å². The molecule has 0 bridgehead atoms. The fourth-order valence-corrected chi connectivity index (χ4v) is 1.73. The second-order valence-corrected chi connectivity index (χ2v) is 3.97. The van der Waals surface area contributed by atoms with E-state index in [4.69, 9.17) is 18.9 Å². The summed E-state index contributed by atoms with van der Waals surface area (Å²) in [6.07, 6.45) is -0.457. The van der Waals surface area contributed by atoms with Crippen molar-refractivity contribution < 1.29 is 23.7 Å². The molecule has 0 atom stereocenters. The van der Waals surface area contributed by atoms with Gasteiger partial charge < -0.3 is 24.3 Å². The number of ether oxygens (including phenoxy) is 4. The van der Waals surface area contributed by atoms with Gasteiger partial charge in [0.05, 0.1) is 6.54 Å². The lowest BCUT2D eigenvalue weighted by Gasteiger charge is -2.19. The van der Waals surface area contributed by atoms with E-state index in [1.54, 1.807) is 18.2 Å². The van der Waals surface area contributed by atoms with Crippen LogP contribution in [0, 0.1) is 0 Å². The molecular formula is C13H17NO5. The molecular weight excluding hydrogens is 250 g/mol. The summed E-state index contributed by atoms with van der Waals surface area (Å²) in [6.45, 7) is 1.30. The van der Waals surface area contributed by atoms with Crippen molar-refractivity contribution in [1.29, 1.82) is 0 Å². The molecule has 1 N–H and O–H groups in total. The molecule has 0 aliphatic carbocycles. The first kappa shape index (κ1) is 13.6. The molecule has 19 heavy (non-hydrogen) atoms. The van der Waals surface area contributed by atoms with Gasteiger partial charge in [0.25, 0.3) is 5.91 Å². The SMILES string of the molecule is COC(CNC(=O)c1ccc2c(c1)OCCO2)OC. The Morgan fingerprint density at radius 1 is 1.26 bits per heavy atom. The molecule has 6 heteroatoms. The number of amides is 1. The first-order valence-electron chi connectivity index (χ1n) is 5.98. The van der Waals surface area contributed by atoms with Gasteiger partial charge in [0.15, 0.2) is 17.8 Å². The number of nitrogens with one attached hydrogen (secondary N) is 1. The first-order valence-corrected chi connectivity index (χ1v) is 5.98. The zero-order valence-corrected chi connectivity index (χ0v) is 11.0. The number of carbonyl (C=O) groups excluding carboxylic acids is 1. The van der Waals surface area contributed by atoms with Gasteiger partial charge in [-0.2, -0.15) is 0 Å². The molecule has 104 valence electrons. The van der Waals surface area contributed by atoms with E-state index < -0.39 is 6.29 Å². The van der Waals surface area contributed by atoms with E-state index in [1.165, 1.54) is 14.2 Å². The van der Waals surface area contributed by atoms with Crippen molar-refractivity contribution in [3.63, 3.8) is 0 Å². The third-order valence-corrected chi connectivity index (χ3v) is 2.76. The van der Waals surface area contributed by atoms with E-state index in [9.17, 15) is 4.79 Å². The largest absolute Gasteiger partial charge is 0.486 e. The van der Waals surface area contributed by atoms with Crippen molar-refractivity contribution in [2.24, 2.45) is 0 Å². The Kier molecular flexibility index (Phi) is 4.59. The fraction of sp³-hybridized carbons (Fsp3) is 0.462. The van der Waals surface area contributed by atoms with Gasteiger partial charge in [-0.3, -0.25) is 4.79 Å². The average Bonchev–Trinajstić information content (AvgIpc) is 2.47. The minimum absolute atomic E-state index is 0.212. The van der Waals surface area contributed by atoms with E-state index in [1.807, 2.05) is 0 Å². The third-order valence-electron chi connectivity index (χ3n) is 2.76. The molecule has 1 amide bonds. The molecule has 0 saturated heterocycles. The topological polar surface area (TPSA) is 66.0 Å². The number of fused-ring (bicyclic) bond motifs is 1. The van der Waals surface area contributed by atoms with Gasteiger partial charge in [0.1, 0.15) is 13.2 Å². The third kappa shape index (κ3) is 3.36. The monoisotopic (exact) mass is 267 g/mol. The summed E-state index contributed by atoms with van der Waals surface area (Å²) in [4.78, 5) is 11.9. The highest BCUT2D eigenvalue weighted by Gasteiger charge is 2.15. The molecule has 0 fully saturated rings. The fourth-order valence-electron chi connectivity index (χ4n) is 1.73. The Balaban J connectivity index is 1.99. The van der Waals surface area contributed by atoms with Gasteiger partial charge in [-0.25, -0.2) is 0 Å². The van der Waals surface area contributed by atoms with Crippen LogP contribution in [0.15, 0.2) is 18.2 Å². The standard InChI is InChI=1S/C13H17NO5/c1-16-12(17-2)8-14-13(15)9-3-4-10-11(7-9)19-6-5-18-10/h3-4,7,12H,5-6,8H2,1-2H3,(H,14,15). The van der Waals surface area contributed by atoms with Crippen LogP contribution in [-0.2, 0) is 9.47 Å². The van der Waals surface area contributed by atoms with Crippen LogP contribution in [0.4, 0.5) is 0 Å². The minimum Gasteiger partial charge on any atom is -0.486 e. The number of hydrogen-bond acceptors (Lipinski definition) is 5. The van der Waals surface area contributed by atoms with E-state index >= 15 is 0 Å². The van der Waals surface area contributed by atoms with Gasteiger partial charge in [-0.15, -0.1) is 0 Å². The predicted octanol–water partition coefficient (Wildman–Crippen LogP) is 0.806. The maximum absolute atomic E-state index is 11.9. The zero-order chi connectivity index (χ0) is 13.7. The van der Waals surface area contributed by atoms with E-state index in [-0.39, 0.29) is 12.5 Å². The number of benzene rings is 1. The van der Waals surface area contributed by atoms with Gasteiger partial charge in [0, 0.05) is 19.8 Å².